The molecule has 1 aliphatic carbocycles. The number of esters is 1. The van der Waals surface area contributed by atoms with Gasteiger partial charge in [0, 0.05) is 18.3 Å². The first-order chi connectivity index (χ1) is 16.3. The van der Waals surface area contributed by atoms with Gasteiger partial charge in [0.25, 0.3) is 0 Å². The molecule has 2 aromatic carbocycles. The average Bonchev–Trinajstić information content (AvgIpc) is 3.23. The highest BCUT2D eigenvalue weighted by Gasteiger charge is 2.34. The maximum absolute atomic E-state index is 13.5. The predicted molar refractivity (Wildman–Crippen MR) is 127 cm³/mol. The van der Waals surface area contributed by atoms with Gasteiger partial charge in [0.1, 0.15) is 18.0 Å². The highest BCUT2D eigenvalue weighted by molar-refractivity contribution is 7.89. The molecule has 0 N–H and O–H groups in total. The lowest BCUT2D eigenvalue weighted by atomic mass is 9.93. The molecule has 1 aromatic heterocycles. The maximum Gasteiger partial charge on any atom is 0.327 e. The number of carbonyl (C=O) groups excluding carboxylic acids is 1. The molecule has 0 spiro atoms. The number of rotatable bonds is 8. The van der Waals surface area contributed by atoms with Crippen LogP contribution in [-0.2, 0) is 32.5 Å². The summed E-state index contributed by atoms with van der Waals surface area (Å²) < 4.78 is 40.7. The van der Waals surface area contributed by atoms with E-state index in [0.29, 0.717) is 24.5 Å². The van der Waals surface area contributed by atoms with Gasteiger partial charge in [-0.3, -0.25) is 9.48 Å². The lowest BCUT2D eigenvalue weighted by Crippen LogP contribution is -2.33. The topological polar surface area (TPSA) is 90.7 Å². The number of carbonyl (C=O) groups is 1. The number of hydrogen-bond acceptors (Lipinski definition) is 6. The molecule has 0 amide bonds. The zero-order chi connectivity index (χ0) is 24.3. The van der Waals surface area contributed by atoms with Crippen LogP contribution in [0, 0.1) is 0 Å². The number of sulfonamides is 1. The number of benzene rings is 2. The second kappa shape index (κ2) is 10.2. The van der Waals surface area contributed by atoms with Crippen LogP contribution >= 0.6 is 11.6 Å². The van der Waals surface area contributed by atoms with Crippen LogP contribution in [0.1, 0.15) is 37.1 Å². The summed E-state index contributed by atoms with van der Waals surface area (Å²) in [4.78, 5) is 12.0. The van der Waals surface area contributed by atoms with Crippen molar-refractivity contribution >= 4 is 27.6 Å². The molecular formula is C24H26ClN3O5S. The van der Waals surface area contributed by atoms with Crippen molar-refractivity contribution in [1.82, 2.24) is 14.1 Å². The molecule has 1 aliphatic rings. The van der Waals surface area contributed by atoms with Crippen LogP contribution in [0.3, 0.4) is 0 Å². The van der Waals surface area contributed by atoms with Crippen LogP contribution in [0.2, 0.25) is 5.02 Å². The van der Waals surface area contributed by atoms with Gasteiger partial charge in [0.15, 0.2) is 0 Å². The summed E-state index contributed by atoms with van der Waals surface area (Å²) >= 11 is 6.37. The van der Waals surface area contributed by atoms with Gasteiger partial charge in [-0.05, 0) is 56.5 Å². The molecule has 0 saturated heterocycles. The number of halogens is 1. The molecule has 0 radical (unpaired) electrons. The molecule has 1 atom stereocenters. The summed E-state index contributed by atoms with van der Waals surface area (Å²) in [6.45, 7) is 2.05. The zero-order valence-corrected chi connectivity index (χ0v) is 20.6. The Balaban J connectivity index is 1.56. The standard InChI is InChI=1S/C24H26ClN3O5S/c1-3-32-24(29)16-28-22-11-7-10-21(19(22)15-26-28)27(2)34(30,31)18-12-13-23(20(25)14-18)33-17-8-5-4-6-9-17/h4-6,8-9,12-15,21H,3,7,10-11,16H2,1-2H3. The van der Waals surface area contributed by atoms with Gasteiger partial charge in [0.05, 0.1) is 28.8 Å². The van der Waals surface area contributed by atoms with Crippen LogP contribution in [-0.4, -0.2) is 42.1 Å². The van der Waals surface area contributed by atoms with E-state index >= 15 is 0 Å². The Labute approximate surface area is 204 Å². The smallest absolute Gasteiger partial charge is 0.327 e. The van der Waals surface area contributed by atoms with Crippen molar-refractivity contribution in [2.24, 2.45) is 0 Å². The van der Waals surface area contributed by atoms with Gasteiger partial charge in [-0.25, -0.2) is 8.42 Å². The van der Waals surface area contributed by atoms with Crippen molar-refractivity contribution in [2.45, 2.75) is 43.7 Å². The predicted octanol–water partition coefficient (Wildman–Crippen LogP) is 4.59. The third kappa shape index (κ3) is 4.96. The Morgan fingerprint density at radius 2 is 2.00 bits per heavy atom. The fraction of sp³-hybridized carbons (Fsp3) is 0.333. The minimum Gasteiger partial charge on any atom is -0.465 e. The average molecular weight is 504 g/mol. The van der Waals surface area contributed by atoms with E-state index in [1.54, 1.807) is 43.0 Å². The number of nitrogens with zero attached hydrogens (tertiary/aromatic N) is 3. The Morgan fingerprint density at radius 3 is 2.71 bits per heavy atom. The van der Waals surface area contributed by atoms with Crippen molar-refractivity contribution in [3.8, 4) is 11.5 Å². The van der Waals surface area contributed by atoms with E-state index in [1.165, 1.54) is 16.4 Å². The first-order valence-electron chi connectivity index (χ1n) is 11.0. The molecule has 10 heteroatoms. The minimum atomic E-state index is -3.85. The van der Waals surface area contributed by atoms with Crippen molar-refractivity contribution in [3.63, 3.8) is 0 Å². The molecule has 1 heterocycles. The molecule has 3 aromatic rings. The fourth-order valence-electron chi connectivity index (χ4n) is 4.11. The third-order valence-corrected chi connectivity index (χ3v) is 7.96. The van der Waals surface area contributed by atoms with Crippen molar-refractivity contribution < 1.29 is 22.7 Å². The second-order valence-corrected chi connectivity index (χ2v) is 10.4. The second-order valence-electron chi connectivity index (χ2n) is 7.95. The summed E-state index contributed by atoms with van der Waals surface area (Å²) in [5, 5.41) is 4.53. The number of ether oxygens (including phenoxy) is 2. The quantitative estimate of drug-likeness (QED) is 0.417. The Morgan fingerprint density at radius 1 is 1.24 bits per heavy atom. The normalized spacial score (nSPS) is 15.7. The molecule has 8 nitrogen and oxygen atoms in total. The van der Waals surface area contributed by atoms with Gasteiger partial charge in [-0.2, -0.15) is 9.40 Å². The molecule has 0 fully saturated rings. The SMILES string of the molecule is CCOC(=O)Cn1ncc2c1CCCC2N(C)S(=O)(=O)c1ccc(Oc2ccccc2)c(Cl)c1. The van der Waals surface area contributed by atoms with Gasteiger partial charge >= 0.3 is 5.97 Å². The number of fused-ring (bicyclic) bond motifs is 1. The highest BCUT2D eigenvalue weighted by Crippen LogP contribution is 2.38. The summed E-state index contributed by atoms with van der Waals surface area (Å²) in [6, 6.07) is 13.2. The molecule has 180 valence electrons. The fourth-order valence-corrected chi connectivity index (χ4v) is 5.79. The molecule has 0 aliphatic heterocycles. The summed E-state index contributed by atoms with van der Waals surface area (Å²) in [5.74, 6) is 0.602. The van der Waals surface area contributed by atoms with Crippen molar-refractivity contribution in [3.05, 3.63) is 71.0 Å². The van der Waals surface area contributed by atoms with Crippen LogP contribution < -0.4 is 4.74 Å². The van der Waals surface area contributed by atoms with E-state index < -0.39 is 16.1 Å². The Kier molecular flexibility index (Phi) is 7.25. The van der Waals surface area contributed by atoms with E-state index in [0.717, 1.165) is 24.1 Å². The highest BCUT2D eigenvalue weighted by atomic mass is 35.5. The molecule has 0 bridgehead atoms. The van der Waals surface area contributed by atoms with Gasteiger partial charge in [0.2, 0.25) is 10.0 Å². The van der Waals surface area contributed by atoms with E-state index in [1.807, 2.05) is 18.2 Å². The molecule has 4 rings (SSSR count). The summed E-state index contributed by atoms with van der Waals surface area (Å²) in [5.41, 5.74) is 1.66. The zero-order valence-electron chi connectivity index (χ0n) is 19.0. The first-order valence-corrected chi connectivity index (χ1v) is 12.8. The van der Waals surface area contributed by atoms with Gasteiger partial charge in [-0.1, -0.05) is 29.8 Å². The van der Waals surface area contributed by atoms with E-state index in [4.69, 9.17) is 21.1 Å². The van der Waals surface area contributed by atoms with E-state index in [2.05, 4.69) is 5.10 Å². The molecule has 34 heavy (non-hydrogen) atoms. The minimum absolute atomic E-state index is 0.00480. The Hall–Kier alpha value is -2.88. The van der Waals surface area contributed by atoms with Gasteiger partial charge in [-0.15, -0.1) is 0 Å². The lowest BCUT2D eigenvalue weighted by Gasteiger charge is -2.31. The lowest BCUT2D eigenvalue weighted by molar-refractivity contribution is -0.144. The largest absolute Gasteiger partial charge is 0.465 e. The van der Waals surface area contributed by atoms with Crippen molar-refractivity contribution in [2.75, 3.05) is 13.7 Å². The third-order valence-electron chi connectivity index (χ3n) is 5.81. The molecule has 0 saturated carbocycles. The summed E-state index contributed by atoms with van der Waals surface area (Å²) in [7, 11) is -2.30. The van der Waals surface area contributed by atoms with Crippen LogP contribution in [0.15, 0.2) is 59.6 Å². The number of aromatic nitrogens is 2. The first kappa shape index (κ1) is 24.3. The van der Waals surface area contributed by atoms with Crippen LogP contribution in [0.4, 0.5) is 0 Å². The summed E-state index contributed by atoms with van der Waals surface area (Å²) in [6.07, 6.45) is 3.79. The Bertz CT molecular complexity index is 1280. The van der Waals surface area contributed by atoms with Crippen LogP contribution in [0.25, 0.3) is 0 Å². The van der Waals surface area contributed by atoms with Crippen LogP contribution in [0.5, 0.6) is 11.5 Å². The van der Waals surface area contributed by atoms with E-state index in [9.17, 15) is 13.2 Å². The molecular weight excluding hydrogens is 478 g/mol. The van der Waals surface area contributed by atoms with Gasteiger partial charge < -0.3 is 9.47 Å². The molecule has 1 unspecified atom stereocenters. The number of hydrogen-bond donors (Lipinski definition) is 0. The number of para-hydroxylation sites is 1. The van der Waals surface area contributed by atoms with Crippen molar-refractivity contribution in [1.29, 1.82) is 0 Å². The van der Waals surface area contributed by atoms with E-state index in [-0.39, 0.29) is 22.4 Å². The maximum atomic E-state index is 13.5. The monoisotopic (exact) mass is 503 g/mol.